The Hall–Kier alpha value is -2.38. The number of piperidine rings is 1. The maximum Gasteiger partial charge on any atom is 0.410 e. The van der Waals surface area contributed by atoms with Crippen molar-refractivity contribution in [2.24, 2.45) is 0 Å². The average Bonchev–Trinajstić information content (AvgIpc) is 2.76. The number of ether oxygens (including phenoxy) is 2. The Labute approximate surface area is 205 Å². The van der Waals surface area contributed by atoms with Crippen LogP contribution in [-0.2, 0) is 22.6 Å². The van der Waals surface area contributed by atoms with E-state index in [1.807, 2.05) is 70.3 Å². The number of likely N-dealkylation sites (tertiary alicyclic amines) is 1. The maximum absolute atomic E-state index is 12.6. The molecule has 2 aromatic carbocycles. The Morgan fingerprint density at radius 2 is 1.73 bits per heavy atom. The van der Waals surface area contributed by atoms with Crippen molar-refractivity contribution in [3.63, 3.8) is 0 Å². The molecule has 0 atom stereocenters. The molecular weight excluding hydrogens is 484 g/mol. The number of amides is 1. The van der Waals surface area contributed by atoms with E-state index in [1.165, 1.54) is 0 Å². The van der Waals surface area contributed by atoms with Gasteiger partial charge in [-0.1, -0.05) is 46.3 Å². The van der Waals surface area contributed by atoms with Gasteiger partial charge in [-0.25, -0.2) is 9.59 Å². The fourth-order valence-corrected chi connectivity index (χ4v) is 4.41. The summed E-state index contributed by atoms with van der Waals surface area (Å²) in [6.45, 7) is 8.37. The predicted molar refractivity (Wildman–Crippen MR) is 132 cm³/mol. The van der Waals surface area contributed by atoms with E-state index in [0.29, 0.717) is 5.56 Å². The second-order valence-corrected chi connectivity index (χ2v) is 10.4. The zero-order chi connectivity index (χ0) is 24.0. The Kier molecular flexibility index (Phi) is 8.54. The van der Waals surface area contributed by atoms with Gasteiger partial charge in [-0.05, 0) is 62.9 Å². The predicted octanol–water partition coefficient (Wildman–Crippen LogP) is 5.64. The molecule has 1 heterocycles. The van der Waals surface area contributed by atoms with Crippen LogP contribution in [0.1, 0.15) is 55.1 Å². The topological polar surface area (TPSA) is 59.1 Å². The van der Waals surface area contributed by atoms with Crippen molar-refractivity contribution in [2.75, 3.05) is 20.1 Å². The van der Waals surface area contributed by atoms with Crippen LogP contribution < -0.4 is 0 Å². The fourth-order valence-electron chi connectivity index (χ4n) is 3.87. The summed E-state index contributed by atoms with van der Waals surface area (Å²) in [5.74, 6) is -0.334. The van der Waals surface area contributed by atoms with Crippen molar-refractivity contribution in [2.45, 2.75) is 58.4 Å². The number of esters is 1. The largest absolute Gasteiger partial charge is 0.457 e. The average molecular weight is 517 g/mol. The highest BCUT2D eigenvalue weighted by Gasteiger charge is 2.28. The number of nitrogens with zero attached hydrogens (tertiary/aromatic N) is 2. The van der Waals surface area contributed by atoms with E-state index in [0.717, 1.165) is 48.1 Å². The van der Waals surface area contributed by atoms with E-state index in [-0.39, 0.29) is 24.7 Å². The Bertz CT molecular complexity index is 951. The van der Waals surface area contributed by atoms with E-state index in [2.05, 4.69) is 20.8 Å². The Morgan fingerprint density at radius 1 is 1.06 bits per heavy atom. The molecule has 1 aliphatic heterocycles. The highest BCUT2D eigenvalue weighted by molar-refractivity contribution is 9.10. The van der Waals surface area contributed by atoms with E-state index >= 15 is 0 Å². The molecular formula is C26H33BrN2O4. The van der Waals surface area contributed by atoms with Crippen LogP contribution in [0.15, 0.2) is 53.0 Å². The minimum Gasteiger partial charge on any atom is -0.457 e. The van der Waals surface area contributed by atoms with E-state index in [1.54, 1.807) is 11.0 Å². The Morgan fingerprint density at radius 3 is 2.36 bits per heavy atom. The van der Waals surface area contributed by atoms with Crippen LogP contribution in [0.5, 0.6) is 0 Å². The summed E-state index contributed by atoms with van der Waals surface area (Å²) in [6.07, 6.45) is 1.50. The summed E-state index contributed by atoms with van der Waals surface area (Å²) in [7, 11) is 1.82. The van der Waals surface area contributed by atoms with Crippen molar-refractivity contribution in [1.82, 2.24) is 9.80 Å². The minimum atomic E-state index is -0.493. The van der Waals surface area contributed by atoms with Gasteiger partial charge in [0.1, 0.15) is 12.2 Å². The molecule has 1 amide bonds. The lowest BCUT2D eigenvalue weighted by Crippen LogP contribution is -2.46. The maximum atomic E-state index is 12.6. The Balaban J connectivity index is 1.53. The number of hydrogen-bond acceptors (Lipinski definition) is 5. The van der Waals surface area contributed by atoms with Gasteiger partial charge < -0.3 is 14.4 Å². The van der Waals surface area contributed by atoms with E-state index in [4.69, 9.17) is 9.47 Å². The van der Waals surface area contributed by atoms with Crippen LogP contribution in [0.3, 0.4) is 0 Å². The molecule has 0 aromatic heterocycles. The van der Waals surface area contributed by atoms with Gasteiger partial charge in [0.05, 0.1) is 5.56 Å². The summed E-state index contributed by atoms with van der Waals surface area (Å²) in [6, 6.07) is 15.5. The fraction of sp³-hybridized carbons (Fsp3) is 0.462. The molecule has 0 saturated carbocycles. The summed E-state index contributed by atoms with van der Waals surface area (Å²) >= 11 is 3.53. The first-order valence-corrected chi connectivity index (χ1v) is 12.1. The quantitative estimate of drug-likeness (QED) is 0.465. The number of halogens is 1. The summed E-state index contributed by atoms with van der Waals surface area (Å²) in [5, 5.41) is 0. The molecule has 2 aromatic rings. The standard InChI is InChI=1S/C26H33BrN2O4/c1-26(2,3)33-25(31)28(4)23-10-12-29(13-11-23)17-20-14-21(16-22(27)15-20)24(30)32-18-19-8-6-5-7-9-19/h5-9,14-16,23H,10-13,17-18H2,1-4H3. The molecule has 1 saturated heterocycles. The van der Waals surface area contributed by atoms with Gasteiger partial charge >= 0.3 is 12.1 Å². The van der Waals surface area contributed by atoms with Crippen molar-refractivity contribution in [3.05, 3.63) is 69.7 Å². The molecule has 0 bridgehead atoms. The van der Waals surface area contributed by atoms with Crippen LogP contribution in [-0.4, -0.2) is 53.6 Å². The number of benzene rings is 2. The first-order chi connectivity index (χ1) is 15.6. The van der Waals surface area contributed by atoms with E-state index < -0.39 is 5.60 Å². The molecule has 178 valence electrons. The van der Waals surface area contributed by atoms with Crippen molar-refractivity contribution in [1.29, 1.82) is 0 Å². The second-order valence-electron chi connectivity index (χ2n) is 9.51. The molecule has 33 heavy (non-hydrogen) atoms. The number of carbonyl (C=O) groups excluding carboxylic acids is 2. The van der Waals surface area contributed by atoms with Crippen LogP contribution in [0.2, 0.25) is 0 Å². The third-order valence-electron chi connectivity index (χ3n) is 5.60. The molecule has 1 fully saturated rings. The van der Waals surface area contributed by atoms with Crippen molar-refractivity contribution in [3.8, 4) is 0 Å². The number of hydrogen-bond donors (Lipinski definition) is 0. The van der Waals surface area contributed by atoms with Crippen LogP contribution in [0.25, 0.3) is 0 Å². The molecule has 1 aliphatic rings. The van der Waals surface area contributed by atoms with E-state index in [9.17, 15) is 9.59 Å². The van der Waals surface area contributed by atoms with Crippen molar-refractivity contribution >= 4 is 28.0 Å². The first kappa shape index (κ1) is 25.2. The molecule has 6 nitrogen and oxygen atoms in total. The highest BCUT2D eigenvalue weighted by atomic mass is 79.9. The highest BCUT2D eigenvalue weighted by Crippen LogP contribution is 2.22. The molecule has 0 unspecified atom stereocenters. The number of rotatable bonds is 6. The SMILES string of the molecule is CN(C(=O)OC(C)(C)C)C1CCN(Cc2cc(Br)cc(C(=O)OCc3ccccc3)c2)CC1. The van der Waals surface area contributed by atoms with Crippen LogP contribution >= 0.6 is 15.9 Å². The van der Waals surface area contributed by atoms with Gasteiger partial charge in [0.2, 0.25) is 0 Å². The lowest BCUT2D eigenvalue weighted by molar-refractivity contribution is 0.0149. The van der Waals surface area contributed by atoms with Gasteiger partial charge in [-0.15, -0.1) is 0 Å². The van der Waals surface area contributed by atoms with Gasteiger partial charge in [0.25, 0.3) is 0 Å². The van der Waals surface area contributed by atoms with Gasteiger partial charge in [-0.3, -0.25) is 4.90 Å². The lowest BCUT2D eigenvalue weighted by atomic mass is 10.0. The molecule has 3 rings (SSSR count). The third-order valence-corrected chi connectivity index (χ3v) is 6.06. The monoisotopic (exact) mass is 516 g/mol. The number of carbonyl (C=O) groups is 2. The molecule has 7 heteroatoms. The zero-order valence-electron chi connectivity index (χ0n) is 19.8. The third kappa shape index (κ3) is 7.86. The molecule has 0 aliphatic carbocycles. The summed E-state index contributed by atoms with van der Waals surface area (Å²) < 4.78 is 11.8. The minimum absolute atomic E-state index is 0.169. The van der Waals surface area contributed by atoms with Crippen LogP contribution in [0.4, 0.5) is 4.79 Å². The summed E-state index contributed by atoms with van der Waals surface area (Å²) in [5.41, 5.74) is 2.05. The molecule has 0 spiro atoms. The zero-order valence-corrected chi connectivity index (χ0v) is 21.4. The molecule has 0 N–H and O–H groups in total. The van der Waals surface area contributed by atoms with Crippen LogP contribution in [0, 0.1) is 0 Å². The van der Waals surface area contributed by atoms with Gasteiger partial charge in [-0.2, -0.15) is 0 Å². The second kappa shape index (κ2) is 11.2. The summed E-state index contributed by atoms with van der Waals surface area (Å²) in [4.78, 5) is 29.0. The molecule has 0 radical (unpaired) electrons. The smallest absolute Gasteiger partial charge is 0.410 e. The van der Waals surface area contributed by atoms with Gasteiger partial charge in [0.15, 0.2) is 0 Å². The lowest BCUT2D eigenvalue weighted by Gasteiger charge is -2.37. The van der Waals surface area contributed by atoms with Crippen molar-refractivity contribution < 1.29 is 19.1 Å². The first-order valence-electron chi connectivity index (χ1n) is 11.3. The van der Waals surface area contributed by atoms with Gasteiger partial charge in [0, 0.05) is 37.2 Å². The normalized spacial score (nSPS) is 15.2.